The van der Waals surface area contributed by atoms with Gasteiger partial charge in [-0.2, -0.15) is 0 Å². The molecule has 1 fully saturated rings. The summed E-state index contributed by atoms with van der Waals surface area (Å²) in [5, 5.41) is 3.90. The van der Waals surface area contributed by atoms with Crippen LogP contribution in [0.15, 0.2) is 12.1 Å². The number of halogens is 2. The minimum absolute atomic E-state index is 0.246. The van der Waals surface area contributed by atoms with Gasteiger partial charge in [-0.15, -0.1) is 0 Å². The molecule has 1 aliphatic carbocycles. The summed E-state index contributed by atoms with van der Waals surface area (Å²) in [4.78, 5) is 4.38. The first kappa shape index (κ1) is 12.0. The average molecular weight is 276 g/mol. The average Bonchev–Trinajstić information content (AvgIpc) is 3.24. The zero-order valence-electron chi connectivity index (χ0n) is 10.9. The normalized spacial score (nSPS) is 18.1. The van der Waals surface area contributed by atoms with Crippen LogP contribution < -0.4 is 5.32 Å². The Kier molecular flexibility index (Phi) is 2.63. The van der Waals surface area contributed by atoms with E-state index in [9.17, 15) is 8.78 Å². The molecular weight excluding hydrogens is 262 g/mol. The lowest BCUT2D eigenvalue weighted by atomic mass is 10.0. The lowest BCUT2D eigenvalue weighted by Crippen LogP contribution is -2.16. The van der Waals surface area contributed by atoms with E-state index in [1.165, 1.54) is 6.07 Å². The molecule has 3 nitrogen and oxygen atoms in total. The van der Waals surface area contributed by atoms with Crippen molar-refractivity contribution < 1.29 is 13.5 Å². The Bertz CT molecular complexity index is 698. The number of ether oxygens (including phenoxy) is 1. The van der Waals surface area contributed by atoms with Crippen molar-refractivity contribution in [1.29, 1.82) is 0 Å². The Balaban J connectivity index is 2.01. The van der Waals surface area contributed by atoms with E-state index < -0.39 is 11.6 Å². The highest BCUT2D eigenvalue weighted by Crippen LogP contribution is 2.36. The van der Waals surface area contributed by atoms with E-state index in [-0.39, 0.29) is 5.52 Å². The minimum atomic E-state index is -0.604. The van der Waals surface area contributed by atoms with Gasteiger partial charge in [0.2, 0.25) is 0 Å². The molecule has 0 spiro atoms. The number of benzene rings is 1. The first-order valence-corrected chi connectivity index (χ1v) is 6.87. The van der Waals surface area contributed by atoms with Crippen LogP contribution in [0.3, 0.4) is 0 Å². The standard InChI is InChI=1S/C15H14F2N2O/c16-8-5-10-14(18-9-1-2-9)11-7-20-4-3-13(11)19-15(10)12(17)6-8/h5-6,9H,1-4,7H2,(H,18,19). The van der Waals surface area contributed by atoms with Gasteiger partial charge in [-0.3, -0.25) is 0 Å². The van der Waals surface area contributed by atoms with Crippen LogP contribution in [0.1, 0.15) is 24.1 Å². The maximum Gasteiger partial charge on any atom is 0.152 e. The van der Waals surface area contributed by atoms with Gasteiger partial charge in [0.05, 0.1) is 24.6 Å². The largest absolute Gasteiger partial charge is 0.381 e. The topological polar surface area (TPSA) is 34.2 Å². The summed E-state index contributed by atoms with van der Waals surface area (Å²) in [6.07, 6.45) is 2.86. The molecule has 1 saturated carbocycles. The number of anilines is 1. The second kappa shape index (κ2) is 4.38. The van der Waals surface area contributed by atoms with Crippen molar-refractivity contribution in [2.24, 2.45) is 0 Å². The molecule has 1 aliphatic heterocycles. The van der Waals surface area contributed by atoms with Crippen LogP contribution in [-0.2, 0) is 17.8 Å². The minimum Gasteiger partial charge on any atom is -0.381 e. The number of nitrogens with one attached hydrogen (secondary N) is 1. The Morgan fingerprint density at radius 2 is 2.10 bits per heavy atom. The Labute approximate surface area is 115 Å². The zero-order chi connectivity index (χ0) is 13.7. The summed E-state index contributed by atoms with van der Waals surface area (Å²) in [5.41, 5.74) is 2.85. The SMILES string of the molecule is Fc1cc(F)c2nc3c(c(NC4CC4)c2c1)COCC3. The van der Waals surface area contributed by atoms with E-state index in [0.717, 1.165) is 35.9 Å². The van der Waals surface area contributed by atoms with Gasteiger partial charge in [0.25, 0.3) is 0 Å². The van der Waals surface area contributed by atoms with Crippen molar-refractivity contribution in [3.8, 4) is 0 Å². The van der Waals surface area contributed by atoms with E-state index in [4.69, 9.17) is 4.74 Å². The quantitative estimate of drug-likeness (QED) is 0.915. The molecule has 0 atom stereocenters. The molecule has 0 amide bonds. The van der Waals surface area contributed by atoms with E-state index in [1.54, 1.807) is 0 Å². The molecule has 2 aromatic rings. The van der Waals surface area contributed by atoms with Gasteiger partial charge in [-0.25, -0.2) is 13.8 Å². The van der Waals surface area contributed by atoms with E-state index in [2.05, 4.69) is 10.3 Å². The molecule has 0 radical (unpaired) electrons. The fourth-order valence-electron chi connectivity index (χ4n) is 2.68. The van der Waals surface area contributed by atoms with Crippen LogP contribution in [0.4, 0.5) is 14.5 Å². The maximum atomic E-state index is 14.0. The summed E-state index contributed by atoms with van der Waals surface area (Å²) in [7, 11) is 0. The van der Waals surface area contributed by atoms with Crippen molar-refractivity contribution in [3.05, 3.63) is 35.0 Å². The van der Waals surface area contributed by atoms with Crippen LogP contribution >= 0.6 is 0 Å². The van der Waals surface area contributed by atoms with E-state index in [0.29, 0.717) is 31.1 Å². The van der Waals surface area contributed by atoms with Gasteiger partial charge < -0.3 is 10.1 Å². The molecular formula is C15H14F2N2O. The predicted octanol–water partition coefficient (Wildman–Crippen LogP) is 3.16. The van der Waals surface area contributed by atoms with Gasteiger partial charge in [0, 0.05) is 29.5 Å². The number of hydrogen-bond donors (Lipinski definition) is 1. The highest BCUT2D eigenvalue weighted by atomic mass is 19.1. The molecule has 20 heavy (non-hydrogen) atoms. The van der Waals surface area contributed by atoms with Crippen LogP contribution in [-0.4, -0.2) is 17.6 Å². The lowest BCUT2D eigenvalue weighted by Gasteiger charge is -2.22. The van der Waals surface area contributed by atoms with E-state index >= 15 is 0 Å². The summed E-state index contributed by atoms with van der Waals surface area (Å²) in [6, 6.07) is 2.64. The summed E-state index contributed by atoms with van der Waals surface area (Å²) >= 11 is 0. The molecule has 1 aromatic carbocycles. The van der Waals surface area contributed by atoms with Crippen LogP contribution in [0.5, 0.6) is 0 Å². The monoisotopic (exact) mass is 276 g/mol. The second-order valence-electron chi connectivity index (χ2n) is 5.42. The van der Waals surface area contributed by atoms with Crippen molar-refractivity contribution in [3.63, 3.8) is 0 Å². The van der Waals surface area contributed by atoms with Crippen molar-refractivity contribution in [2.45, 2.75) is 31.9 Å². The molecule has 0 unspecified atom stereocenters. The number of aromatic nitrogens is 1. The van der Waals surface area contributed by atoms with Crippen LogP contribution in [0.25, 0.3) is 10.9 Å². The smallest absolute Gasteiger partial charge is 0.152 e. The molecule has 1 aromatic heterocycles. The molecule has 2 aliphatic rings. The first-order valence-electron chi connectivity index (χ1n) is 6.87. The number of rotatable bonds is 2. The molecule has 104 valence electrons. The predicted molar refractivity (Wildman–Crippen MR) is 71.7 cm³/mol. The molecule has 5 heteroatoms. The van der Waals surface area contributed by atoms with Gasteiger partial charge in [0.15, 0.2) is 5.82 Å². The Hall–Kier alpha value is -1.75. The fraction of sp³-hybridized carbons (Fsp3) is 0.400. The van der Waals surface area contributed by atoms with Crippen molar-refractivity contribution in [1.82, 2.24) is 4.98 Å². The summed E-state index contributed by atoms with van der Waals surface area (Å²) in [6.45, 7) is 1.04. The highest BCUT2D eigenvalue weighted by Gasteiger charge is 2.26. The molecule has 2 heterocycles. The van der Waals surface area contributed by atoms with Crippen LogP contribution in [0, 0.1) is 11.6 Å². The molecule has 0 bridgehead atoms. The third-order valence-corrected chi connectivity index (χ3v) is 3.85. The fourth-order valence-corrected chi connectivity index (χ4v) is 2.68. The first-order chi connectivity index (χ1) is 9.72. The van der Waals surface area contributed by atoms with Crippen molar-refractivity contribution >= 4 is 16.6 Å². The molecule has 1 N–H and O–H groups in total. The number of fused-ring (bicyclic) bond motifs is 2. The maximum absolute atomic E-state index is 14.0. The second-order valence-corrected chi connectivity index (χ2v) is 5.42. The zero-order valence-corrected chi connectivity index (χ0v) is 10.9. The molecule has 0 saturated heterocycles. The highest BCUT2D eigenvalue weighted by molar-refractivity contribution is 5.94. The Morgan fingerprint density at radius 1 is 1.25 bits per heavy atom. The van der Waals surface area contributed by atoms with Crippen LogP contribution in [0.2, 0.25) is 0 Å². The van der Waals surface area contributed by atoms with Gasteiger partial charge in [-0.1, -0.05) is 0 Å². The van der Waals surface area contributed by atoms with Crippen molar-refractivity contribution in [2.75, 3.05) is 11.9 Å². The number of nitrogens with zero attached hydrogens (tertiary/aromatic N) is 1. The third-order valence-electron chi connectivity index (χ3n) is 3.85. The summed E-state index contributed by atoms with van der Waals surface area (Å²) < 4.78 is 33.0. The van der Waals surface area contributed by atoms with Gasteiger partial charge >= 0.3 is 0 Å². The van der Waals surface area contributed by atoms with Gasteiger partial charge in [-0.05, 0) is 18.9 Å². The number of pyridine rings is 1. The number of hydrogen-bond acceptors (Lipinski definition) is 3. The summed E-state index contributed by atoms with van der Waals surface area (Å²) in [5.74, 6) is -1.18. The molecule has 4 rings (SSSR count). The third kappa shape index (κ3) is 1.93. The Morgan fingerprint density at radius 3 is 2.90 bits per heavy atom. The van der Waals surface area contributed by atoms with E-state index in [1.807, 2.05) is 0 Å². The lowest BCUT2D eigenvalue weighted by molar-refractivity contribution is 0.110. The van der Waals surface area contributed by atoms with Gasteiger partial charge in [0.1, 0.15) is 11.3 Å².